The largest absolute Gasteiger partial charge is 0.488 e. The van der Waals surface area contributed by atoms with Gasteiger partial charge in [-0.25, -0.2) is 4.68 Å². The second-order valence-corrected chi connectivity index (χ2v) is 3.25. The Labute approximate surface area is 87.1 Å². The van der Waals surface area contributed by atoms with Crippen LogP contribution in [0.5, 0.6) is 0 Å². The molecule has 15 heavy (non-hydrogen) atoms. The monoisotopic (exact) mass is 203 g/mol. The van der Waals surface area contributed by atoms with Crippen LogP contribution in [-0.2, 0) is 0 Å². The van der Waals surface area contributed by atoms with Crippen LogP contribution in [0.15, 0.2) is 30.5 Å². The van der Waals surface area contributed by atoms with Crippen molar-refractivity contribution >= 4 is 12.6 Å². The fourth-order valence-electron chi connectivity index (χ4n) is 1.33. The van der Waals surface area contributed by atoms with Gasteiger partial charge in [-0.2, -0.15) is 0 Å². The normalized spacial score (nSPS) is 10.3. The Bertz CT molecular complexity index is 453. The molecule has 0 radical (unpaired) electrons. The quantitative estimate of drug-likeness (QED) is 0.630. The minimum Gasteiger partial charge on any atom is -0.423 e. The van der Waals surface area contributed by atoms with E-state index in [-0.39, 0.29) is 0 Å². The van der Waals surface area contributed by atoms with Crippen LogP contribution in [0.25, 0.3) is 5.69 Å². The van der Waals surface area contributed by atoms with E-state index in [1.54, 1.807) is 35.1 Å². The van der Waals surface area contributed by atoms with Gasteiger partial charge in [-0.15, -0.1) is 5.10 Å². The van der Waals surface area contributed by atoms with E-state index >= 15 is 0 Å². The molecule has 0 bridgehead atoms. The Balaban J connectivity index is 2.36. The van der Waals surface area contributed by atoms with Crippen LogP contribution in [0.1, 0.15) is 5.69 Å². The summed E-state index contributed by atoms with van der Waals surface area (Å²) < 4.78 is 1.67. The van der Waals surface area contributed by atoms with Crippen molar-refractivity contribution in [2.45, 2.75) is 6.92 Å². The molecule has 1 heterocycles. The molecule has 0 aliphatic carbocycles. The first-order valence-corrected chi connectivity index (χ1v) is 4.52. The highest BCUT2D eigenvalue weighted by atomic mass is 16.4. The number of hydrogen-bond acceptors (Lipinski definition) is 4. The first-order chi connectivity index (χ1) is 7.18. The average molecular weight is 203 g/mol. The third kappa shape index (κ3) is 1.90. The van der Waals surface area contributed by atoms with Gasteiger partial charge in [0.05, 0.1) is 17.6 Å². The summed E-state index contributed by atoms with van der Waals surface area (Å²) >= 11 is 0. The van der Waals surface area contributed by atoms with E-state index in [1.165, 1.54) is 0 Å². The molecular formula is C9H10BN3O2. The Morgan fingerprint density at radius 3 is 2.33 bits per heavy atom. The Morgan fingerprint density at radius 2 is 1.87 bits per heavy atom. The topological polar surface area (TPSA) is 71.2 Å². The summed E-state index contributed by atoms with van der Waals surface area (Å²) in [6.07, 6.45) is 1.66. The van der Waals surface area contributed by atoms with E-state index < -0.39 is 7.12 Å². The molecule has 5 nitrogen and oxygen atoms in total. The summed E-state index contributed by atoms with van der Waals surface area (Å²) in [5, 5.41) is 25.5. The fraction of sp³-hybridized carbons (Fsp3) is 0.111. The third-order valence-corrected chi connectivity index (χ3v) is 2.16. The van der Waals surface area contributed by atoms with E-state index in [2.05, 4.69) is 10.3 Å². The molecule has 76 valence electrons. The predicted molar refractivity (Wildman–Crippen MR) is 55.9 cm³/mol. The molecule has 0 aliphatic rings. The van der Waals surface area contributed by atoms with Gasteiger partial charge in [-0.1, -0.05) is 17.3 Å². The van der Waals surface area contributed by atoms with Crippen LogP contribution in [-0.4, -0.2) is 32.2 Å². The highest BCUT2D eigenvalue weighted by Gasteiger charge is 2.10. The number of aryl methyl sites for hydroxylation is 1. The molecular weight excluding hydrogens is 193 g/mol. The zero-order chi connectivity index (χ0) is 10.8. The van der Waals surface area contributed by atoms with Gasteiger partial charge in [0.25, 0.3) is 0 Å². The van der Waals surface area contributed by atoms with Crippen LogP contribution < -0.4 is 5.46 Å². The molecule has 0 fully saturated rings. The van der Waals surface area contributed by atoms with Gasteiger partial charge in [0.15, 0.2) is 0 Å². The maximum Gasteiger partial charge on any atom is 0.488 e. The molecule has 0 amide bonds. The molecule has 1 aromatic carbocycles. The lowest BCUT2D eigenvalue weighted by Gasteiger charge is -2.04. The molecule has 0 atom stereocenters. The van der Waals surface area contributed by atoms with E-state index in [0.29, 0.717) is 5.46 Å². The number of rotatable bonds is 2. The summed E-state index contributed by atoms with van der Waals surface area (Å²) in [6.45, 7) is 1.90. The smallest absolute Gasteiger partial charge is 0.423 e. The van der Waals surface area contributed by atoms with Gasteiger partial charge in [0.1, 0.15) is 0 Å². The number of nitrogens with zero attached hydrogens (tertiary/aromatic N) is 3. The first-order valence-electron chi connectivity index (χ1n) is 4.52. The summed E-state index contributed by atoms with van der Waals surface area (Å²) in [4.78, 5) is 0. The molecule has 0 unspecified atom stereocenters. The number of aromatic nitrogens is 3. The molecule has 0 aliphatic heterocycles. The first kappa shape index (κ1) is 9.88. The average Bonchev–Trinajstić information content (AvgIpc) is 2.65. The van der Waals surface area contributed by atoms with Gasteiger partial charge in [-0.05, 0) is 24.5 Å². The van der Waals surface area contributed by atoms with E-state index in [9.17, 15) is 0 Å². The predicted octanol–water partition coefficient (Wildman–Crippen LogP) is -0.744. The molecule has 0 saturated carbocycles. The Hall–Kier alpha value is -1.66. The van der Waals surface area contributed by atoms with Crippen LogP contribution in [0.2, 0.25) is 0 Å². The summed E-state index contributed by atoms with van der Waals surface area (Å²) in [7, 11) is -1.43. The van der Waals surface area contributed by atoms with Gasteiger partial charge in [0.2, 0.25) is 0 Å². The third-order valence-electron chi connectivity index (χ3n) is 2.16. The van der Waals surface area contributed by atoms with Crippen LogP contribution in [0, 0.1) is 6.92 Å². The molecule has 0 spiro atoms. The van der Waals surface area contributed by atoms with Crippen LogP contribution >= 0.6 is 0 Å². The van der Waals surface area contributed by atoms with Crippen LogP contribution in [0.4, 0.5) is 0 Å². The van der Waals surface area contributed by atoms with Gasteiger partial charge < -0.3 is 10.0 Å². The number of hydrogen-bond donors (Lipinski definition) is 2. The van der Waals surface area contributed by atoms with Crippen LogP contribution in [0.3, 0.4) is 0 Å². The van der Waals surface area contributed by atoms with E-state index in [4.69, 9.17) is 10.0 Å². The van der Waals surface area contributed by atoms with Crippen molar-refractivity contribution < 1.29 is 10.0 Å². The van der Waals surface area contributed by atoms with Gasteiger partial charge >= 0.3 is 7.12 Å². The van der Waals surface area contributed by atoms with Crippen molar-refractivity contribution in [3.63, 3.8) is 0 Å². The standard InChI is InChI=1S/C9H10BN3O2/c1-7-6-11-12-13(7)9-4-2-8(3-5-9)10(14)15/h2-6,14-15H,1H3. The van der Waals surface area contributed by atoms with Gasteiger partial charge in [0, 0.05) is 0 Å². The lowest BCUT2D eigenvalue weighted by molar-refractivity contribution is 0.426. The Kier molecular flexibility index (Phi) is 2.53. The lowest BCUT2D eigenvalue weighted by atomic mass is 9.80. The zero-order valence-corrected chi connectivity index (χ0v) is 8.20. The minimum absolute atomic E-state index is 0.455. The summed E-state index contributed by atoms with van der Waals surface area (Å²) in [5.74, 6) is 0. The van der Waals surface area contributed by atoms with Gasteiger partial charge in [-0.3, -0.25) is 0 Å². The highest BCUT2D eigenvalue weighted by molar-refractivity contribution is 6.58. The van der Waals surface area contributed by atoms with Crippen molar-refractivity contribution in [3.05, 3.63) is 36.2 Å². The molecule has 0 saturated heterocycles. The molecule has 1 aromatic heterocycles. The fourth-order valence-corrected chi connectivity index (χ4v) is 1.33. The molecule has 2 N–H and O–H groups in total. The highest BCUT2D eigenvalue weighted by Crippen LogP contribution is 2.06. The minimum atomic E-state index is -1.43. The van der Waals surface area contributed by atoms with Crippen molar-refractivity contribution in [1.29, 1.82) is 0 Å². The lowest BCUT2D eigenvalue weighted by Crippen LogP contribution is -2.29. The maximum absolute atomic E-state index is 8.92. The summed E-state index contributed by atoms with van der Waals surface area (Å²) in [6, 6.07) is 6.80. The van der Waals surface area contributed by atoms with Crippen molar-refractivity contribution in [3.8, 4) is 5.69 Å². The van der Waals surface area contributed by atoms with Crippen molar-refractivity contribution in [2.75, 3.05) is 0 Å². The Morgan fingerprint density at radius 1 is 1.20 bits per heavy atom. The van der Waals surface area contributed by atoms with Crippen molar-refractivity contribution in [1.82, 2.24) is 15.0 Å². The zero-order valence-electron chi connectivity index (χ0n) is 8.20. The second kappa shape index (κ2) is 3.84. The van der Waals surface area contributed by atoms with E-state index in [1.807, 2.05) is 6.92 Å². The van der Waals surface area contributed by atoms with Crippen molar-refractivity contribution in [2.24, 2.45) is 0 Å². The van der Waals surface area contributed by atoms with E-state index in [0.717, 1.165) is 11.4 Å². The molecule has 6 heteroatoms. The SMILES string of the molecule is Cc1cnnn1-c1ccc(B(O)O)cc1. The molecule has 2 rings (SSSR count). The summed E-state index contributed by atoms with van der Waals surface area (Å²) in [5.41, 5.74) is 2.22. The maximum atomic E-state index is 8.92. The molecule has 2 aromatic rings. The number of benzene rings is 1. The second-order valence-electron chi connectivity index (χ2n) is 3.25.